The largest absolute Gasteiger partial charge is 0.492 e. The van der Waals surface area contributed by atoms with Gasteiger partial charge in [-0.15, -0.1) is 0 Å². The Kier molecular flexibility index (Phi) is 29.8. The summed E-state index contributed by atoms with van der Waals surface area (Å²) in [4.78, 5) is 116. The highest BCUT2D eigenvalue weighted by Crippen LogP contribution is 2.80. The number of nitrogen functional groups attached to an aromatic ring is 4. The number of aromatic nitrogens is 8. The molecule has 103 heavy (non-hydrogen) atoms. The molecule has 4 aromatic rings. The molecule has 25 N–H and O–H groups in total. The first-order valence-corrected chi connectivity index (χ1v) is 40.7. The van der Waals surface area contributed by atoms with Crippen LogP contribution in [0, 0.1) is 0 Å². The number of aryl methyl sites for hydroxylation is 2. The molecule has 5 fully saturated rings. The zero-order valence-electron chi connectivity index (χ0n) is 52.0. The molecule has 5 saturated heterocycles. The lowest BCUT2D eigenvalue weighted by atomic mass is 10.1. The molecule has 8 unspecified atom stereocenters. The number of hydrogen-bond donors (Lipinski definition) is 21. The minimum absolute atomic E-state index is 0.0124. The van der Waals surface area contributed by atoms with E-state index in [2.05, 4.69) is 55.1 Å². The highest BCUT2D eigenvalue weighted by atomic mass is 35.9. The van der Waals surface area contributed by atoms with Crippen LogP contribution < -0.4 is 45.7 Å². The molecule has 0 amide bonds. The Bertz CT molecular complexity index is 4260. The van der Waals surface area contributed by atoms with Crippen molar-refractivity contribution in [2.24, 2.45) is 0 Å². The lowest BCUT2D eigenvalue weighted by molar-refractivity contribution is -0.0550. The summed E-state index contributed by atoms with van der Waals surface area (Å²) in [5.41, 5.74) is 19.9. The van der Waals surface area contributed by atoms with Crippen LogP contribution in [0.3, 0.4) is 0 Å². The van der Waals surface area contributed by atoms with Crippen LogP contribution in [0.15, 0.2) is 44.0 Å². The van der Waals surface area contributed by atoms with Crippen molar-refractivity contribution in [2.75, 3.05) is 49.4 Å². The summed E-state index contributed by atoms with van der Waals surface area (Å²) < 4.78 is 137. The van der Waals surface area contributed by atoms with Crippen LogP contribution >= 0.6 is 75.5 Å². The van der Waals surface area contributed by atoms with Gasteiger partial charge in [-0.05, 0) is 35.3 Å². The zero-order chi connectivity index (χ0) is 77.8. The van der Waals surface area contributed by atoms with E-state index in [0.717, 1.165) is 26.1 Å². The van der Waals surface area contributed by atoms with Gasteiger partial charge < -0.3 is 132 Å². The monoisotopic (exact) mass is 1670 g/mol. The molecule has 0 spiro atoms. The van der Waals surface area contributed by atoms with Crippen LogP contribution in [0.2, 0.25) is 0 Å². The molecule has 0 aliphatic carbocycles. The van der Waals surface area contributed by atoms with Crippen molar-refractivity contribution in [3.05, 3.63) is 89.0 Å². The van der Waals surface area contributed by atoms with Gasteiger partial charge in [-0.25, -0.2) is 46.6 Å². The highest BCUT2D eigenvalue weighted by Gasteiger charge is 2.56. The first-order chi connectivity index (χ1) is 47.4. The Morgan fingerprint density at radius 3 is 1.07 bits per heavy atom. The van der Waals surface area contributed by atoms with Crippen molar-refractivity contribution < 1.29 is 172 Å². The third-order valence-electron chi connectivity index (χ3n) is 14.2. The molecule has 4 aromatic heterocycles. The van der Waals surface area contributed by atoms with Crippen molar-refractivity contribution in [3.63, 3.8) is 0 Å². The molecular formula is C42H67Cl2N12O40P7. The molecule has 9 heterocycles. The van der Waals surface area contributed by atoms with Crippen LogP contribution in [-0.2, 0) is 112 Å². The van der Waals surface area contributed by atoms with Crippen LogP contribution in [0.5, 0.6) is 0 Å². The van der Waals surface area contributed by atoms with Crippen LogP contribution in [0.1, 0.15) is 61.0 Å². The first-order valence-electron chi connectivity index (χ1n) is 28.3. The minimum atomic E-state index is -5.75. The molecule has 5 aliphatic rings. The van der Waals surface area contributed by atoms with Gasteiger partial charge in [0.1, 0.15) is 96.5 Å². The van der Waals surface area contributed by atoms with Gasteiger partial charge in [0.2, 0.25) is 0 Å². The topological polar surface area (TPSA) is 818 Å². The lowest BCUT2D eigenvalue weighted by Gasteiger charge is -2.27. The van der Waals surface area contributed by atoms with Gasteiger partial charge in [0, 0.05) is 47.0 Å². The van der Waals surface area contributed by atoms with E-state index in [1.165, 1.54) is 12.4 Å². The van der Waals surface area contributed by atoms with Gasteiger partial charge in [-0.2, -0.15) is 41.5 Å². The second-order valence-corrected chi connectivity index (χ2v) is 35.0. The molecule has 61 heteroatoms. The van der Waals surface area contributed by atoms with Crippen LogP contribution in [0.4, 0.5) is 23.3 Å². The van der Waals surface area contributed by atoms with Crippen LogP contribution in [-0.4, -0.2) is 223 Å². The number of nitrogens with zero attached hydrogens (tertiary/aromatic N) is 8. The van der Waals surface area contributed by atoms with E-state index >= 15 is 0 Å². The van der Waals surface area contributed by atoms with Gasteiger partial charge in [0.25, 0.3) is 0 Å². The maximum absolute atomic E-state index is 12.2. The third-order valence-corrected chi connectivity index (χ3v) is 24.4. The van der Waals surface area contributed by atoms with E-state index in [4.69, 9.17) is 84.2 Å². The Morgan fingerprint density at radius 2 is 0.767 bits per heavy atom. The molecule has 0 bridgehead atoms. The molecule has 20 atom stereocenters. The summed E-state index contributed by atoms with van der Waals surface area (Å²) >= 11 is 10.5. The molecule has 5 aliphatic heterocycles. The van der Waals surface area contributed by atoms with E-state index in [1.54, 1.807) is 0 Å². The second kappa shape index (κ2) is 35.0. The quantitative estimate of drug-likeness (QED) is 0.0326. The fraction of sp³-hybridized carbons (Fsp3) is 0.619. The third kappa shape index (κ3) is 22.9. The molecule has 0 aromatic carbocycles. The van der Waals surface area contributed by atoms with E-state index in [1.807, 2.05) is 13.8 Å². The summed E-state index contributed by atoms with van der Waals surface area (Å²) in [6.45, 7) is -0.446. The Morgan fingerprint density at radius 1 is 0.466 bits per heavy atom. The minimum Gasteiger partial charge on any atom is -0.394 e. The van der Waals surface area contributed by atoms with Crippen molar-refractivity contribution in [3.8, 4) is 0 Å². The Balaban J connectivity index is 0.000000219. The molecule has 9 rings (SSSR count). The molecule has 584 valence electrons. The normalized spacial score (nSPS) is 32.6. The smallest absolute Gasteiger partial charge is 0.394 e. The number of phosphoric ester groups is 1. The summed E-state index contributed by atoms with van der Waals surface area (Å²) in [6.07, 6.45) is -21.0. The summed E-state index contributed by atoms with van der Waals surface area (Å²) in [5, 5.41) is 107. The highest BCUT2D eigenvalue weighted by molar-refractivity contribution is 8.05. The number of hydrogen-bond acceptors (Lipinski definition) is 42. The average molecular weight is 1670 g/mol. The number of rotatable bonds is 22. The SMILES string of the molecule is CCc1cn([C@@H]2O[C@H](CO)[C@H](O)C2O)c(=O)nc1N.CCc1cn([C@@H]2O[C@H](COP(=O)(Cl)Cl)[C@H](O)C2O)c(=O)nc1N.Nc1nc(=O)n([C@@H]2O[C@H](COP(=O)(O)OP(=O)(O)OP(=O)(O)O)[C@H](O)C2O)cc1CO.Nc1nc(=O)n([C@@H]2O[C@H](COP3(=O)OP(=O)(O)OP(=O)(O)O3)[C@H](O)C2O)cc1CO. The molecule has 0 saturated carbocycles. The van der Waals surface area contributed by atoms with E-state index < -0.39 is 214 Å². The number of phosphoric acid groups is 6. The molecular weight excluding hydrogens is 1600 g/mol. The standard InChI is InChI=1S/C11H16Cl2N3O6P.C11H17N3O5.C10H18N3O15P3.C10H16N3O14P3/c1-2-5-3-16(11(19)15-9(5)14)10-8(18)7(17)6(22-10)4-21-23(12,13)20;1-2-5-3-14(11(18)13-9(5)12)10-8(17)7(16)6(4-15)19-10;11-8-4(2-14)1-13(10(17)12-8)9-7(16)6(15)5(26-9)3-25-30(21,22)28-31(23,24)27-29(18,19)20;11-8-4(2-14)1-13(10(17)12-8)9-7(16)6(15)5(24-9)3-23-30(22)26-28(18,19)25-29(20,21)27-30/h3,6-8,10,17-18H,2,4H2,1H3,(H2,14,15,19);3,6-8,10,15-17H,2,4H2,1H3,(H2,12,13,18);1,5-7,9,14-16H,2-3H2,(H,21,22)(H,23,24)(H2,11,12,17)(H2,18,19,20);1,5-7,9,14-16H,2-3H2,(H,18,19)(H,20,21)(H2,11,12,17)/t2*6-,7+,8?,10-;2*5-,6+,7?,9-/m1111/s1. The Hall–Kier alpha value is -4.25. The summed E-state index contributed by atoms with van der Waals surface area (Å²) in [7, 11) is -32.5. The van der Waals surface area contributed by atoms with Crippen molar-refractivity contribution >= 4 is 98.8 Å². The predicted molar refractivity (Wildman–Crippen MR) is 335 cm³/mol. The number of nitrogens with two attached hydrogens (primary N) is 4. The van der Waals surface area contributed by atoms with Gasteiger partial charge in [-0.3, -0.25) is 31.9 Å². The van der Waals surface area contributed by atoms with E-state index in [-0.39, 0.29) is 34.4 Å². The van der Waals surface area contributed by atoms with Gasteiger partial charge in [-0.1, -0.05) is 13.8 Å². The van der Waals surface area contributed by atoms with E-state index in [9.17, 15) is 117 Å². The Labute approximate surface area is 582 Å². The van der Waals surface area contributed by atoms with Crippen molar-refractivity contribution in [1.82, 2.24) is 38.2 Å². The van der Waals surface area contributed by atoms with E-state index in [0.29, 0.717) is 28.5 Å². The number of aliphatic hydroxyl groups is 11. The summed E-state index contributed by atoms with van der Waals surface area (Å²) in [5.74, 6) is -0.330. The van der Waals surface area contributed by atoms with Crippen molar-refractivity contribution in [1.29, 1.82) is 0 Å². The molecule has 52 nitrogen and oxygen atoms in total. The predicted octanol–water partition coefficient (Wildman–Crippen LogP) is -5.78. The fourth-order valence-electron chi connectivity index (χ4n) is 9.28. The average Bonchev–Trinajstić information content (AvgIpc) is 1.79. The van der Waals surface area contributed by atoms with Crippen LogP contribution in [0.25, 0.3) is 0 Å². The first kappa shape index (κ1) is 87.7. The van der Waals surface area contributed by atoms with Gasteiger partial charge in [0.15, 0.2) is 24.9 Å². The second-order valence-electron chi connectivity index (χ2n) is 21.3. The fourth-order valence-corrected chi connectivity index (χ4v) is 17.9. The zero-order valence-corrected chi connectivity index (χ0v) is 59.7. The van der Waals surface area contributed by atoms with Crippen molar-refractivity contribution in [2.45, 2.75) is 138 Å². The maximum Gasteiger partial charge on any atom is 0.492 e. The number of ether oxygens (including phenoxy) is 4. The number of halogens is 2. The summed E-state index contributed by atoms with van der Waals surface area (Å²) in [6, 6.07) is 0. The molecule has 0 radical (unpaired) electrons. The maximum atomic E-state index is 12.2. The van der Waals surface area contributed by atoms with Gasteiger partial charge in [0.05, 0.1) is 39.6 Å². The number of anilines is 4. The van der Waals surface area contributed by atoms with Gasteiger partial charge >= 0.3 is 75.8 Å². The number of aliphatic hydroxyl groups excluding tert-OH is 11. The lowest BCUT2D eigenvalue weighted by Crippen LogP contribution is -2.36.